The predicted molar refractivity (Wildman–Crippen MR) is 167 cm³/mol. The van der Waals surface area contributed by atoms with Gasteiger partial charge in [0.1, 0.15) is 0 Å². The number of para-hydroxylation sites is 1. The molecule has 212 valence electrons. The van der Waals surface area contributed by atoms with Gasteiger partial charge in [-0.15, -0.1) is 0 Å². The summed E-state index contributed by atoms with van der Waals surface area (Å²) in [6, 6.07) is 8.30. The van der Waals surface area contributed by atoms with Crippen LogP contribution < -0.4 is 16.0 Å². The molecule has 2 fully saturated rings. The van der Waals surface area contributed by atoms with Crippen molar-refractivity contribution in [3.63, 3.8) is 0 Å². The molecule has 0 bridgehead atoms. The number of aliphatic imine (C=N–C) groups is 1. The number of likely N-dealkylation sites (N-methyl/N-ethyl adjacent to an activating group) is 2. The second-order valence-corrected chi connectivity index (χ2v) is 17.3. The third kappa shape index (κ3) is 6.07. The Kier molecular flexibility index (Phi) is 8.72. The molecule has 0 saturated carbocycles. The zero-order chi connectivity index (χ0) is 27.7. The molecule has 4 heterocycles. The maximum absolute atomic E-state index is 13.2. The topological polar surface area (TPSA) is 107 Å². The van der Waals surface area contributed by atoms with E-state index in [2.05, 4.69) is 52.2 Å². The molecule has 39 heavy (non-hydrogen) atoms. The monoisotopic (exact) mass is 647 g/mol. The fourth-order valence-corrected chi connectivity index (χ4v) is 12.3. The standard InChI is InChI=1S/C29H42IN7O2/c1-5-11-37-12-7-10-23(37)29(39)36(4)14-13-35(3)27-21(15-20-9-6-8-19(2)25(20)34-27)17-33-28(38)24-26(31)32-18-22-16-30(22)24/h6,8-9,15,18,22-24,26H,5,7,10-14,16-17,31H2,1-4H3,(H,33,38)/t22?,23-,24?,26?/m1/s1. The first-order valence-electron chi connectivity index (χ1n) is 14.1. The first kappa shape index (κ1) is 28.2. The molecule has 1 aromatic carbocycles. The van der Waals surface area contributed by atoms with Crippen LogP contribution in [0.3, 0.4) is 0 Å². The summed E-state index contributed by atoms with van der Waals surface area (Å²) in [7, 11) is 3.92. The molecule has 3 N–H and O–H groups in total. The van der Waals surface area contributed by atoms with Crippen molar-refractivity contribution in [2.24, 2.45) is 10.7 Å². The molecule has 5 rings (SSSR count). The van der Waals surface area contributed by atoms with E-state index >= 15 is 0 Å². The third-order valence-electron chi connectivity index (χ3n) is 8.08. The number of carbonyl (C=O) groups excluding carboxylic acids is 2. The van der Waals surface area contributed by atoms with Gasteiger partial charge in [0.15, 0.2) is 0 Å². The van der Waals surface area contributed by atoms with Crippen LogP contribution in [-0.4, -0.2) is 97.6 Å². The van der Waals surface area contributed by atoms with Crippen LogP contribution in [-0.2, 0) is 16.1 Å². The molecule has 3 aliphatic heterocycles. The zero-order valence-electron chi connectivity index (χ0n) is 23.6. The zero-order valence-corrected chi connectivity index (χ0v) is 25.7. The number of nitrogens with two attached hydrogens (primary N) is 1. The van der Waals surface area contributed by atoms with E-state index in [1.54, 1.807) is 0 Å². The molecule has 0 radical (unpaired) electrons. The number of hydrogen-bond acceptors (Lipinski definition) is 7. The molecule has 2 amide bonds. The number of anilines is 1. The van der Waals surface area contributed by atoms with Crippen LogP contribution in [0.5, 0.6) is 0 Å². The summed E-state index contributed by atoms with van der Waals surface area (Å²) >= 11 is -1.36. The van der Waals surface area contributed by atoms with Crippen molar-refractivity contribution in [3.05, 3.63) is 35.4 Å². The van der Waals surface area contributed by atoms with E-state index < -0.39 is 26.0 Å². The molecule has 1 aromatic heterocycles. The average molecular weight is 648 g/mol. The van der Waals surface area contributed by atoms with Crippen LogP contribution in [0.4, 0.5) is 5.82 Å². The van der Waals surface area contributed by atoms with Gasteiger partial charge in [-0.2, -0.15) is 0 Å². The number of hydrogen-bond donors (Lipinski definition) is 2. The predicted octanol–water partition coefficient (Wildman–Crippen LogP) is 2.55. The molecule has 2 saturated heterocycles. The average Bonchev–Trinajstić information content (AvgIpc) is 3.57. The maximum atomic E-state index is 13.2. The van der Waals surface area contributed by atoms with Crippen molar-refractivity contribution >= 4 is 54.6 Å². The Bertz CT molecular complexity index is 1250. The van der Waals surface area contributed by atoms with Crippen molar-refractivity contribution in [2.75, 3.05) is 49.6 Å². The Labute approximate surface area is 239 Å². The number of pyridine rings is 1. The summed E-state index contributed by atoms with van der Waals surface area (Å²) in [5.41, 5.74) is 9.25. The molecular formula is C29H42IN7O2. The molecule has 2 aromatic rings. The summed E-state index contributed by atoms with van der Waals surface area (Å²) in [6.07, 6.45) is 4.66. The normalized spacial score (nSPS) is 25.0. The van der Waals surface area contributed by atoms with Gasteiger partial charge in [0, 0.05) is 0 Å². The number of carbonyl (C=O) groups is 2. The van der Waals surface area contributed by atoms with Gasteiger partial charge in [0.25, 0.3) is 0 Å². The molecule has 0 spiro atoms. The minimum absolute atomic E-state index is 0.00182. The number of rotatable bonds is 10. The van der Waals surface area contributed by atoms with Gasteiger partial charge < -0.3 is 0 Å². The summed E-state index contributed by atoms with van der Waals surface area (Å²) in [5.74, 6) is 1.07. The molecule has 3 aliphatic rings. The molecule has 4 atom stereocenters. The van der Waals surface area contributed by atoms with E-state index in [-0.39, 0.29) is 21.8 Å². The number of alkyl halides is 3. The first-order chi connectivity index (χ1) is 18.8. The van der Waals surface area contributed by atoms with Crippen LogP contribution in [0, 0.1) is 6.92 Å². The van der Waals surface area contributed by atoms with Crippen molar-refractivity contribution < 1.29 is 9.59 Å². The van der Waals surface area contributed by atoms with Gasteiger partial charge in [-0.1, -0.05) is 6.92 Å². The fourth-order valence-electron chi connectivity index (χ4n) is 5.79. The van der Waals surface area contributed by atoms with Gasteiger partial charge in [0.05, 0.1) is 0 Å². The number of nitrogens with zero attached hydrogens (tertiary/aromatic N) is 5. The number of benzene rings is 1. The van der Waals surface area contributed by atoms with Crippen LogP contribution in [0.2, 0.25) is 0 Å². The molecule has 10 heteroatoms. The Morgan fingerprint density at radius 3 is 2.87 bits per heavy atom. The summed E-state index contributed by atoms with van der Waals surface area (Å²) in [6.45, 7) is 7.86. The van der Waals surface area contributed by atoms with E-state index in [0.717, 1.165) is 64.6 Å². The van der Waals surface area contributed by atoms with E-state index in [9.17, 15) is 9.59 Å². The van der Waals surface area contributed by atoms with E-state index in [4.69, 9.17) is 10.7 Å². The van der Waals surface area contributed by atoms with Gasteiger partial charge >= 0.3 is 196 Å². The van der Waals surface area contributed by atoms with Crippen LogP contribution >= 0.6 is 19.8 Å². The number of aromatic nitrogens is 1. The van der Waals surface area contributed by atoms with Crippen molar-refractivity contribution in [2.45, 2.75) is 59.7 Å². The molecular weight excluding hydrogens is 605 g/mol. The second-order valence-electron chi connectivity index (χ2n) is 11.0. The van der Waals surface area contributed by atoms with E-state index in [1.807, 2.05) is 31.3 Å². The van der Waals surface area contributed by atoms with Gasteiger partial charge in [-0.25, -0.2) is 0 Å². The van der Waals surface area contributed by atoms with E-state index in [0.29, 0.717) is 23.6 Å². The number of aryl methyl sites for hydroxylation is 1. The van der Waals surface area contributed by atoms with Crippen molar-refractivity contribution in [1.82, 2.24) is 20.1 Å². The summed E-state index contributed by atoms with van der Waals surface area (Å²) < 4.78 is 1.58. The number of likely N-dealkylation sites (tertiary alicyclic amines) is 1. The first-order valence-corrected chi connectivity index (χ1v) is 18.1. The van der Waals surface area contributed by atoms with Crippen molar-refractivity contribution in [1.29, 1.82) is 0 Å². The van der Waals surface area contributed by atoms with Crippen LogP contribution in [0.15, 0.2) is 29.3 Å². The van der Waals surface area contributed by atoms with Gasteiger partial charge in [-0.05, 0) is 32.4 Å². The Balaban J connectivity index is 1.29. The number of nitrogens with one attached hydrogen (secondary N) is 1. The minimum atomic E-state index is -1.36. The van der Waals surface area contributed by atoms with Crippen molar-refractivity contribution in [3.8, 4) is 0 Å². The Morgan fingerprint density at radius 1 is 1.26 bits per heavy atom. The third-order valence-corrected chi connectivity index (χ3v) is 14.8. The van der Waals surface area contributed by atoms with E-state index in [1.165, 1.54) is 0 Å². The van der Waals surface area contributed by atoms with Gasteiger partial charge in [-0.3, -0.25) is 4.90 Å². The number of amides is 2. The van der Waals surface area contributed by atoms with Crippen LogP contribution in [0.1, 0.15) is 37.3 Å². The second kappa shape index (κ2) is 12.1. The fraction of sp³-hybridized carbons (Fsp3) is 0.586. The Hall–Kier alpha value is -2.31. The molecule has 9 nitrogen and oxygen atoms in total. The number of halogens is 1. The number of fused-ring (bicyclic) bond motifs is 2. The SMILES string of the molecule is CCCN1CCC[C@@H]1C(=O)N(C)CCN(C)c1nc2c(C)cccc2cc1CNC(=O)C1C(N)N=CC2CI21. The summed E-state index contributed by atoms with van der Waals surface area (Å²) in [4.78, 5) is 42.2. The van der Waals surface area contributed by atoms with Gasteiger partial charge in [0.2, 0.25) is 0 Å². The molecule has 0 aliphatic carbocycles. The van der Waals surface area contributed by atoms with Crippen LogP contribution in [0.25, 0.3) is 10.9 Å². The quantitative estimate of drug-likeness (QED) is 0.304. The molecule has 3 unspecified atom stereocenters. The summed E-state index contributed by atoms with van der Waals surface area (Å²) in [5, 5.41) is 4.23. The Morgan fingerprint density at radius 2 is 2.08 bits per heavy atom.